The van der Waals surface area contributed by atoms with Crippen LogP contribution in [-0.2, 0) is 0 Å². The summed E-state index contributed by atoms with van der Waals surface area (Å²) >= 11 is 1.91. The van der Waals surface area contributed by atoms with Crippen LogP contribution in [0.3, 0.4) is 0 Å². The number of aromatic nitrogens is 1. The highest BCUT2D eigenvalue weighted by Gasteiger charge is 2.30. The maximum absolute atomic E-state index is 2.52. The van der Waals surface area contributed by atoms with Gasteiger partial charge in [0.05, 0.1) is 11.0 Å². The van der Waals surface area contributed by atoms with Gasteiger partial charge in [-0.05, 0) is 96.7 Å². The zero-order valence-electron chi connectivity index (χ0n) is 29.8. The molecule has 0 fully saturated rings. The van der Waals surface area contributed by atoms with Crippen molar-refractivity contribution in [2.75, 3.05) is 0 Å². The molecule has 0 radical (unpaired) electrons. The van der Waals surface area contributed by atoms with Gasteiger partial charge in [-0.3, -0.25) is 0 Å². The number of thiophene rings is 1. The Morgan fingerprint density at radius 2 is 1.04 bits per heavy atom. The van der Waals surface area contributed by atoms with Crippen molar-refractivity contribution in [1.29, 1.82) is 0 Å². The molecule has 254 valence electrons. The van der Waals surface area contributed by atoms with Crippen LogP contribution in [0.25, 0.3) is 103 Å². The number of fused-ring (bicyclic) bond motifs is 10. The first kappa shape index (κ1) is 29.7. The van der Waals surface area contributed by atoms with E-state index in [1.807, 2.05) is 11.3 Å². The molecule has 1 nitrogen and oxygen atoms in total. The minimum Gasteiger partial charge on any atom is -0.309 e. The number of benzene rings is 9. The summed E-state index contributed by atoms with van der Waals surface area (Å²) in [5.74, 6) is 0.256. The molecule has 0 saturated carbocycles. The van der Waals surface area contributed by atoms with Crippen LogP contribution in [0.2, 0.25) is 0 Å². The molecule has 0 N–H and O–H groups in total. The van der Waals surface area contributed by atoms with Crippen LogP contribution in [-0.4, -0.2) is 4.57 Å². The van der Waals surface area contributed by atoms with Gasteiger partial charge in [-0.15, -0.1) is 11.3 Å². The van der Waals surface area contributed by atoms with E-state index in [0.717, 1.165) is 0 Å². The fourth-order valence-corrected chi connectivity index (χ4v) is 11.3. The SMILES string of the molecule is c1ccc2c(c1)-c1cccc3ccc4c(c13)c1c-2c2c(cc1n4-c1ccc(-c3ccc(C4c5ccccc5-c5ccccc54)cc3)cc1)sc1ccccc12. The van der Waals surface area contributed by atoms with E-state index in [0.29, 0.717) is 0 Å². The lowest BCUT2D eigenvalue weighted by molar-refractivity contribution is 1.02. The lowest BCUT2D eigenvalue weighted by Crippen LogP contribution is -1.99. The second kappa shape index (κ2) is 10.9. The number of rotatable bonds is 3. The minimum atomic E-state index is 0.256. The molecule has 55 heavy (non-hydrogen) atoms. The second-order valence-corrected chi connectivity index (χ2v) is 16.2. The molecule has 2 aliphatic carbocycles. The van der Waals surface area contributed by atoms with Crippen molar-refractivity contribution in [1.82, 2.24) is 4.57 Å². The summed E-state index contributed by atoms with van der Waals surface area (Å²) < 4.78 is 5.18. The molecule has 0 unspecified atom stereocenters. The number of hydrogen-bond donors (Lipinski definition) is 0. The smallest absolute Gasteiger partial charge is 0.0562 e. The first-order valence-electron chi connectivity index (χ1n) is 19.1. The zero-order chi connectivity index (χ0) is 35.8. The monoisotopic (exact) mass is 713 g/mol. The summed E-state index contributed by atoms with van der Waals surface area (Å²) in [7, 11) is 0. The quantitative estimate of drug-likeness (QED) is 0.172. The highest BCUT2D eigenvalue weighted by molar-refractivity contribution is 7.26. The average molecular weight is 714 g/mol. The Labute approximate surface area is 322 Å². The Kier molecular flexibility index (Phi) is 5.89. The van der Waals surface area contributed by atoms with Gasteiger partial charge in [-0.2, -0.15) is 0 Å². The fraction of sp³-hybridized carbons (Fsp3) is 0.0189. The van der Waals surface area contributed by atoms with Crippen LogP contribution in [0, 0.1) is 0 Å². The molecule has 11 aromatic rings. The van der Waals surface area contributed by atoms with E-state index in [2.05, 4.69) is 187 Å². The van der Waals surface area contributed by atoms with Gasteiger partial charge in [0.1, 0.15) is 0 Å². The molecule has 0 amide bonds. The molecule has 0 spiro atoms. The molecule has 9 aromatic carbocycles. The van der Waals surface area contributed by atoms with Crippen molar-refractivity contribution in [2.24, 2.45) is 0 Å². The van der Waals surface area contributed by atoms with Crippen LogP contribution < -0.4 is 0 Å². The summed E-state index contributed by atoms with van der Waals surface area (Å²) in [4.78, 5) is 0. The molecule has 0 atom stereocenters. The summed E-state index contributed by atoms with van der Waals surface area (Å²) in [6.07, 6.45) is 0. The highest BCUT2D eigenvalue weighted by Crippen LogP contribution is 2.54. The van der Waals surface area contributed by atoms with E-state index in [1.165, 1.54) is 120 Å². The molecule has 0 saturated heterocycles. The zero-order valence-corrected chi connectivity index (χ0v) is 30.6. The van der Waals surface area contributed by atoms with Gasteiger partial charge in [0.25, 0.3) is 0 Å². The predicted molar refractivity (Wildman–Crippen MR) is 234 cm³/mol. The third-order valence-corrected chi connectivity index (χ3v) is 13.5. The largest absolute Gasteiger partial charge is 0.309 e. The van der Waals surface area contributed by atoms with Crippen molar-refractivity contribution < 1.29 is 0 Å². The van der Waals surface area contributed by atoms with Crippen molar-refractivity contribution in [3.05, 3.63) is 199 Å². The van der Waals surface area contributed by atoms with Crippen molar-refractivity contribution >= 4 is 64.1 Å². The second-order valence-electron chi connectivity index (χ2n) is 15.1. The first-order valence-corrected chi connectivity index (χ1v) is 19.9. The highest BCUT2D eigenvalue weighted by atomic mass is 32.1. The standard InChI is InChI=1S/C53H31NS/c1-4-14-39-36(11-1)37-12-2-5-15-40(37)48(39)34-22-20-31(21-23-34)32-24-27-35(28-25-32)54-44-29-26-33-10-9-18-41-38-13-3-6-16-42(38)51-50-43-17-7-8-19-46(43)55-47(50)30-45(54)53(51)52(44)49(33)41/h1-30,48H. The van der Waals surface area contributed by atoms with Crippen LogP contribution in [0.5, 0.6) is 0 Å². The van der Waals surface area contributed by atoms with Gasteiger partial charge in [-0.1, -0.05) is 152 Å². The van der Waals surface area contributed by atoms with Gasteiger partial charge in [0.2, 0.25) is 0 Å². The van der Waals surface area contributed by atoms with E-state index in [-0.39, 0.29) is 5.92 Å². The third kappa shape index (κ3) is 3.96. The van der Waals surface area contributed by atoms with Crippen LogP contribution in [0.1, 0.15) is 22.6 Å². The summed E-state index contributed by atoms with van der Waals surface area (Å²) in [5, 5.41) is 8.03. The van der Waals surface area contributed by atoms with Gasteiger partial charge < -0.3 is 4.57 Å². The molecule has 2 aromatic heterocycles. The molecular weight excluding hydrogens is 683 g/mol. The molecule has 0 bridgehead atoms. The fourth-order valence-electron chi connectivity index (χ4n) is 10.1. The Morgan fingerprint density at radius 1 is 0.400 bits per heavy atom. The van der Waals surface area contributed by atoms with E-state index >= 15 is 0 Å². The predicted octanol–water partition coefficient (Wildman–Crippen LogP) is 14.8. The summed E-state index contributed by atoms with van der Waals surface area (Å²) in [5.41, 5.74) is 18.3. The number of nitrogens with zero attached hydrogens (tertiary/aromatic N) is 1. The van der Waals surface area contributed by atoms with Crippen LogP contribution in [0.4, 0.5) is 0 Å². The summed E-state index contributed by atoms with van der Waals surface area (Å²) in [6.45, 7) is 0. The maximum atomic E-state index is 2.52. The Hall–Kier alpha value is -6.74. The van der Waals surface area contributed by atoms with Crippen LogP contribution in [0.15, 0.2) is 182 Å². The lowest BCUT2D eigenvalue weighted by atomic mass is 9.88. The molecular formula is C53H31NS. The summed E-state index contributed by atoms with van der Waals surface area (Å²) in [6, 6.07) is 68.2. The first-order chi connectivity index (χ1) is 27.3. The van der Waals surface area contributed by atoms with Gasteiger partial charge in [0.15, 0.2) is 0 Å². The van der Waals surface area contributed by atoms with E-state index in [4.69, 9.17) is 0 Å². The Morgan fingerprint density at radius 3 is 1.80 bits per heavy atom. The molecule has 0 aliphatic heterocycles. The Balaban J connectivity index is 1.00. The van der Waals surface area contributed by atoms with E-state index in [1.54, 1.807) is 0 Å². The van der Waals surface area contributed by atoms with Gasteiger partial charge in [0, 0.05) is 48.1 Å². The lowest BCUT2D eigenvalue weighted by Gasteiger charge is -2.16. The molecule has 2 aliphatic rings. The molecule has 2 heteroatoms. The number of hydrogen-bond acceptors (Lipinski definition) is 1. The van der Waals surface area contributed by atoms with Crippen LogP contribution >= 0.6 is 11.3 Å². The normalized spacial score (nSPS) is 13.0. The van der Waals surface area contributed by atoms with E-state index in [9.17, 15) is 0 Å². The molecule has 2 heterocycles. The van der Waals surface area contributed by atoms with Gasteiger partial charge >= 0.3 is 0 Å². The topological polar surface area (TPSA) is 4.93 Å². The average Bonchev–Trinajstić information content (AvgIpc) is 3.87. The Bertz CT molecular complexity index is 3370. The van der Waals surface area contributed by atoms with Crippen molar-refractivity contribution in [3.63, 3.8) is 0 Å². The minimum absolute atomic E-state index is 0.256. The van der Waals surface area contributed by atoms with Crippen molar-refractivity contribution in [3.8, 4) is 50.2 Å². The van der Waals surface area contributed by atoms with Crippen molar-refractivity contribution in [2.45, 2.75) is 5.92 Å². The maximum Gasteiger partial charge on any atom is 0.0562 e. The van der Waals surface area contributed by atoms with E-state index < -0.39 is 0 Å². The third-order valence-electron chi connectivity index (χ3n) is 12.4. The molecule has 13 rings (SSSR count). The van der Waals surface area contributed by atoms with Gasteiger partial charge in [-0.25, -0.2) is 0 Å².